The Hall–Kier alpha value is -4.01. The molecule has 1 fully saturated rings. The highest BCUT2D eigenvalue weighted by atomic mass is 16.2. The number of nitrogens with zero attached hydrogens (tertiary/aromatic N) is 8. The first-order chi connectivity index (χ1) is 16.4. The van der Waals surface area contributed by atoms with Crippen LogP contribution in [0.15, 0.2) is 48.8 Å². The van der Waals surface area contributed by atoms with E-state index in [4.69, 9.17) is 0 Å². The zero-order valence-electron chi connectivity index (χ0n) is 19.9. The smallest absolute Gasteiger partial charge is 0.272 e. The molecule has 1 aliphatic heterocycles. The minimum Gasteiger partial charge on any atom is -0.353 e. The van der Waals surface area contributed by atoms with Gasteiger partial charge < -0.3 is 9.80 Å². The Balaban J connectivity index is 1.30. The van der Waals surface area contributed by atoms with Crippen molar-refractivity contribution in [2.75, 3.05) is 31.1 Å². The van der Waals surface area contributed by atoms with Crippen LogP contribution in [0.4, 0.5) is 5.82 Å². The SMILES string of the molecule is Cc1nc(N2CCN(C(=O)c3cc(-c4ccccc4)nn3C)CC2)cc(-n2cnc(C)c2C)n1. The zero-order valence-corrected chi connectivity index (χ0v) is 19.9. The van der Waals surface area contributed by atoms with E-state index in [0.717, 1.165) is 34.3 Å². The third kappa shape index (κ3) is 4.05. The molecule has 1 amide bonds. The predicted octanol–water partition coefficient (Wildman–Crippen LogP) is 2.95. The lowest BCUT2D eigenvalue weighted by molar-refractivity contribution is 0.0735. The van der Waals surface area contributed by atoms with Crippen molar-refractivity contribution in [3.63, 3.8) is 0 Å². The van der Waals surface area contributed by atoms with Gasteiger partial charge in [-0.3, -0.25) is 14.0 Å². The van der Waals surface area contributed by atoms with Gasteiger partial charge in [-0.25, -0.2) is 15.0 Å². The number of anilines is 1. The maximum Gasteiger partial charge on any atom is 0.272 e. The summed E-state index contributed by atoms with van der Waals surface area (Å²) in [5.74, 6) is 2.38. The highest BCUT2D eigenvalue weighted by Gasteiger charge is 2.26. The van der Waals surface area contributed by atoms with Crippen molar-refractivity contribution in [1.29, 1.82) is 0 Å². The van der Waals surface area contributed by atoms with E-state index in [9.17, 15) is 4.79 Å². The molecular weight excluding hydrogens is 428 g/mol. The van der Waals surface area contributed by atoms with Crippen LogP contribution >= 0.6 is 0 Å². The van der Waals surface area contributed by atoms with Crippen LogP contribution in [-0.2, 0) is 7.05 Å². The number of benzene rings is 1. The number of rotatable bonds is 4. The fraction of sp³-hybridized carbons (Fsp3) is 0.320. The molecule has 5 rings (SSSR count). The fourth-order valence-electron chi connectivity index (χ4n) is 4.27. The monoisotopic (exact) mass is 456 g/mol. The Bertz CT molecular complexity index is 1330. The largest absolute Gasteiger partial charge is 0.353 e. The van der Waals surface area contributed by atoms with Crippen molar-refractivity contribution >= 4 is 11.7 Å². The van der Waals surface area contributed by atoms with Gasteiger partial charge in [0.25, 0.3) is 5.91 Å². The lowest BCUT2D eigenvalue weighted by Gasteiger charge is -2.35. The Labute approximate surface area is 198 Å². The first-order valence-electron chi connectivity index (χ1n) is 11.4. The number of hydrogen-bond acceptors (Lipinski definition) is 6. The van der Waals surface area contributed by atoms with Crippen LogP contribution in [0.3, 0.4) is 0 Å². The second-order valence-electron chi connectivity index (χ2n) is 8.60. The van der Waals surface area contributed by atoms with Crippen LogP contribution in [0.25, 0.3) is 17.1 Å². The molecule has 0 atom stereocenters. The molecule has 174 valence electrons. The molecule has 34 heavy (non-hydrogen) atoms. The molecule has 1 aliphatic rings. The molecule has 9 nitrogen and oxygen atoms in total. The van der Waals surface area contributed by atoms with Crippen LogP contribution < -0.4 is 4.90 Å². The van der Waals surface area contributed by atoms with Crippen LogP contribution in [0.5, 0.6) is 0 Å². The molecule has 4 aromatic rings. The summed E-state index contributed by atoms with van der Waals surface area (Å²) in [5.41, 5.74) is 4.44. The maximum absolute atomic E-state index is 13.3. The first-order valence-corrected chi connectivity index (χ1v) is 11.4. The first kappa shape index (κ1) is 21.8. The molecule has 9 heteroatoms. The molecule has 4 heterocycles. The van der Waals surface area contributed by atoms with Crippen molar-refractivity contribution in [3.8, 4) is 17.1 Å². The van der Waals surface area contributed by atoms with Crippen LogP contribution in [0.1, 0.15) is 27.7 Å². The highest BCUT2D eigenvalue weighted by molar-refractivity contribution is 5.94. The molecule has 1 saturated heterocycles. The number of carbonyl (C=O) groups is 1. The summed E-state index contributed by atoms with van der Waals surface area (Å²) in [6.45, 7) is 8.56. The van der Waals surface area contributed by atoms with Gasteiger partial charge in [0.05, 0.1) is 11.4 Å². The van der Waals surface area contributed by atoms with Gasteiger partial charge in [0.1, 0.15) is 29.5 Å². The second kappa shape index (κ2) is 8.74. The van der Waals surface area contributed by atoms with Gasteiger partial charge in [0, 0.05) is 50.6 Å². The molecule has 3 aromatic heterocycles. The Morgan fingerprint density at radius 2 is 1.62 bits per heavy atom. The summed E-state index contributed by atoms with van der Waals surface area (Å²) >= 11 is 0. The van der Waals surface area contributed by atoms with E-state index in [2.05, 4.69) is 25.0 Å². The lowest BCUT2D eigenvalue weighted by atomic mass is 10.1. The second-order valence-corrected chi connectivity index (χ2v) is 8.60. The Morgan fingerprint density at radius 1 is 0.912 bits per heavy atom. The zero-order chi connectivity index (χ0) is 23.8. The molecular formula is C25H28N8O. The van der Waals surface area contributed by atoms with E-state index < -0.39 is 0 Å². The number of hydrogen-bond donors (Lipinski definition) is 0. The molecule has 0 bridgehead atoms. The average molecular weight is 457 g/mol. The van der Waals surface area contributed by atoms with E-state index in [-0.39, 0.29) is 5.91 Å². The van der Waals surface area contributed by atoms with Crippen molar-refractivity contribution in [2.45, 2.75) is 20.8 Å². The van der Waals surface area contributed by atoms with Crippen molar-refractivity contribution in [1.82, 2.24) is 34.2 Å². The van der Waals surface area contributed by atoms with Gasteiger partial charge in [-0.2, -0.15) is 5.10 Å². The average Bonchev–Trinajstić information content (AvgIpc) is 3.41. The maximum atomic E-state index is 13.3. The quantitative estimate of drug-likeness (QED) is 0.469. The topological polar surface area (TPSA) is 85.0 Å². The minimum absolute atomic E-state index is 0.000837. The number of piperazine rings is 1. The Kier molecular flexibility index (Phi) is 5.61. The Morgan fingerprint density at radius 3 is 2.29 bits per heavy atom. The van der Waals surface area contributed by atoms with Crippen molar-refractivity contribution in [3.05, 3.63) is 71.7 Å². The molecule has 0 saturated carbocycles. The molecule has 0 unspecified atom stereocenters. The van der Waals surface area contributed by atoms with Gasteiger partial charge in [-0.15, -0.1) is 0 Å². The van der Waals surface area contributed by atoms with Gasteiger partial charge in [-0.1, -0.05) is 30.3 Å². The highest BCUT2D eigenvalue weighted by Crippen LogP contribution is 2.22. The number of aryl methyl sites for hydroxylation is 3. The number of amides is 1. The van der Waals surface area contributed by atoms with E-state index in [1.165, 1.54) is 0 Å². The molecule has 1 aromatic carbocycles. The third-order valence-electron chi connectivity index (χ3n) is 6.37. The molecule has 0 aliphatic carbocycles. The molecule has 0 radical (unpaired) electrons. The van der Waals surface area contributed by atoms with E-state index in [1.807, 2.05) is 79.8 Å². The molecule has 0 N–H and O–H groups in total. The van der Waals surface area contributed by atoms with Crippen LogP contribution in [0.2, 0.25) is 0 Å². The van der Waals surface area contributed by atoms with E-state index in [0.29, 0.717) is 37.7 Å². The summed E-state index contributed by atoms with van der Waals surface area (Å²) in [6, 6.07) is 13.8. The lowest BCUT2D eigenvalue weighted by Crippen LogP contribution is -2.49. The van der Waals surface area contributed by atoms with E-state index >= 15 is 0 Å². The summed E-state index contributed by atoms with van der Waals surface area (Å²) in [7, 11) is 1.82. The molecule has 0 spiro atoms. The minimum atomic E-state index is 0.000837. The van der Waals surface area contributed by atoms with Gasteiger partial charge in [-0.05, 0) is 26.8 Å². The summed E-state index contributed by atoms with van der Waals surface area (Å²) in [4.78, 5) is 31.0. The van der Waals surface area contributed by atoms with Gasteiger partial charge >= 0.3 is 0 Å². The summed E-state index contributed by atoms with van der Waals surface area (Å²) in [5, 5.41) is 4.55. The number of imidazole rings is 1. The van der Waals surface area contributed by atoms with Crippen LogP contribution in [-0.4, -0.2) is 66.3 Å². The van der Waals surface area contributed by atoms with Gasteiger partial charge in [0.15, 0.2) is 0 Å². The number of aromatic nitrogens is 6. The van der Waals surface area contributed by atoms with Crippen molar-refractivity contribution in [2.24, 2.45) is 7.05 Å². The third-order valence-corrected chi connectivity index (χ3v) is 6.37. The van der Waals surface area contributed by atoms with E-state index in [1.54, 1.807) is 11.0 Å². The summed E-state index contributed by atoms with van der Waals surface area (Å²) < 4.78 is 3.66. The standard InChI is InChI=1S/C25H28N8O/c1-17-18(2)33(16-26-17)24-15-23(27-19(3)28-24)31-10-12-32(13-11-31)25(34)22-14-21(29-30(22)4)20-8-6-5-7-9-20/h5-9,14-16H,10-13H2,1-4H3. The fourth-order valence-corrected chi connectivity index (χ4v) is 4.27. The van der Waals surface area contributed by atoms with Crippen LogP contribution in [0, 0.1) is 20.8 Å². The predicted molar refractivity (Wildman–Crippen MR) is 130 cm³/mol. The summed E-state index contributed by atoms with van der Waals surface area (Å²) in [6.07, 6.45) is 1.80. The normalized spacial score (nSPS) is 14.0. The van der Waals surface area contributed by atoms with Crippen molar-refractivity contribution < 1.29 is 4.79 Å². The number of carbonyl (C=O) groups excluding carboxylic acids is 1. The van der Waals surface area contributed by atoms with Gasteiger partial charge in [0.2, 0.25) is 0 Å².